The summed E-state index contributed by atoms with van der Waals surface area (Å²) in [5.74, 6) is 0.773. The van der Waals surface area contributed by atoms with E-state index in [-0.39, 0.29) is 17.9 Å². The van der Waals surface area contributed by atoms with Gasteiger partial charge in [0.05, 0.1) is 0 Å². The standard InChI is InChI=1S/C37H52ClN5O2/c38-31-15-13-29(14-16-31)24-35(40-36(44)25-34-33-12-6-5-11-30(33)26-39-34)37(45)43-21-19-42(20-22-43)32(23-28-9-3-1-4-10-28)27-41-17-7-2-8-18-41/h5-6,11-16,28,32,34-35,39H,1-4,7-10,17-27H2,(H,40,44). The van der Waals surface area contributed by atoms with Gasteiger partial charge < -0.3 is 20.4 Å². The van der Waals surface area contributed by atoms with Crippen LogP contribution >= 0.6 is 11.6 Å². The molecule has 4 aliphatic rings. The van der Waals surface area contributed by atoms with Crippen LogP contribution in [0, 0.1) is 5.92 Å². The van der Waals surface area contributed by atoms with Crippen LogP contribution in [0.15, 0.2) is 48.5 Å². The minimum absolute atomic E-state index is 0.0255. The van der Waals surface area contributed by atoms with Crippen LogP contribution in [0.3, 0.4) is 0 Å². The van der Waals surface area contributed by atoms with Crippen LogP contribution in [0.4, 0.5) is 0 Å². The molecule has 0 spiro atoms. The van der Waals surface area contributed by atoms with Crippen molar-refractivity contribution in [3.63, 3.8) is 0 Å². The van der Waals surface area contributed by atoms with E-state index in [1.54, 1.807) is 0 Å². The van der Waals surface area contributed by atoms with Gasteiger partial charge in [0.15, 0.2) is 0 Å². The van der Waals surface area contributed by atoms with Crippen LogP contribution in [-0.2, 0) is 22.6 Å². The molecule has 1 aliphatic carbocycles. The topological polar surface area (TPSA) is 67.9 Å². The van der Waals surface area contributed by atoms with Crippen molar-refractivity contribution in [3.05, 3.63) is 70.2 Å². The van der Waals surface area contributed by atoms with E-state index in [9.17, 15) is 9.59 Å². The number of fused-ring (bicyclic) bond motifs is 1. The fourth-order valence-corrected chi connectivity index (χ4v) is 8.30. The van der Waals surface area contributed by atoms with Crippen molar-refractivity contribution in [1.29, 1.82) is 0 Å². The van der Waals surface area contributed by atoms with Crippen molar-refractivity contribution in [2.75, 3.05) is 45.8 Å². The number of benzene rings is 2. The van der Waals surface area contributed by atoms with Crippen molar-refractivity contribution < 1.29 is 9.59 Å². The summed E-state index contributed by atoms with van der Waals surface area (Å²) in [6.45, 7) is 7.63. The number of halogens is 1. The number of nitrogens with zero attached hydrogens (tertiary/aromatic N) is 3. The molecule has 6 rings (SSSR count). The molecule has 3 atom stereocenters. The second-order valence-electron chi connectivity index (χ2n) is 13.9. The van der Waals surface area contributed by atoms with Gasteiger partial charge in [-0.3, -0.25) is 14.5 Å². The first-order chi connectivity index (χ1) is 22.0. The molecule has 0 radical (unpaired) electrons. The highest BCUT2D eigenvalue weighted by molar-refractivity contribution is 6.30. The van der Waals surface area contributed by atoms with Crippen molar-refractivity contribution in [2.45, 2.75) is 95.3 Å². The summed E-state index contributed by atoms with van der Waals surface area (Å²) in [7, 11) is 0. The molecule has 0 aromatic heterocycles. The van der Waals surface area contributed by atoms with Crippen molar-refractivity contribution in [3.8, 4) is 0 Å². The zero-order valence-electron chi connectivity index (χ0n) is 26.9. The average Bonchev–Trinajstić information content (AvgIpc) is 3.48. The first-order valence-corrected chi connectivity index (χ1v) is 18.0. The molecule has 3 aliphatic heterocycles. The monoisotopic (exact) mass is 633 g/mol. The lowest BCUT2D eigenvalue weighted by Crippen LogP contribution is -2.58. The molecule has 3 heterocycles. The molecular weight excluding hydrogens is 582 g/mol. The maximum absolute atomic E-state index is 14.1. The number of carbonyl (C=O) groups excluding carboxylic acids is 2. The Balaban J connectivity index is 1.09. The van der Waals surface area contributed by atoms with Gasteiger partial charge in [0.1, 0.15) is 6.04 Å². The Kier molecular flexibility index (Phi) is 11.5. The van der Waals surface area contributed by atoms with Gasteiger partial charge in [0.25, 0.3) is 0 Å². The maximum Gasteiger partial charge on any atom is 0.245 e. The lowest BCUT2D eigenvalue weighted by Gasteiger charge is -2.43. The summed E-state index contributed by atoms with van der Waals surface area (Å²) in [6, 6.07) is 15.8. The summed E-state index contributed by atoms with van der Waals surface area (Å²) in [5.41, 5.74) is 3.41. The quantitative estimate of drug-likeness (QED) is 0.339. The lowest BCUT2D eigenvalue weighted by atomic mass is 9.84. The molecule has 2 amide bonds. The Morgan fingerprint density at radius 1 is 0.867 bits per heavy atom. The van der Waals surface area contributed by atoms with Gasteiger partial charge in [-0.1, -0.05) is 86.5 Å². The zero-order valence-corrected chi connectivity index (χ0v) is 27.7. The molecule has 3 fully saturated rings. The molecule has 7 nitrogen and oxygen atoms in total. The molecule has 2 saturated heterocycles. The second-order valence-corrected chi connectivity index (χ2v) is 14.3. The first-order valence-electron chi connectivity index (χ1n) is 17.6. The van der Waals surface area contributed by atoms with E-state index in [0.29, 0.717) is 37.0 Å². The van der Waals surface area contributed by atoms with Gasteiger partial charge in [-0.2, -0.15) is 0 Å². The highest BCUT2D eigenvalue weighted by Gasteiger charge is 2.34. The van der Waals surface area contributed by atoms with Crippen molar-refractivity contribution in [1.82, 2.24) is 25.3 Å². The fourth-order valence-electron chi connectivity index (χ4n) is 8.17. The van der Waals surface area contributed by atoms with Crippen LogP contribution < -0.4 is 10.6 Å². The van der Waals surface area contributed by atoms with Crippen molar-refractivity contribution >= 4 is 23.4 Å². The molecule has 45 heavy (non-hydrogen) atoms. The van der Waals surface area contributed by atoms with Gasteiger partial charge in [-0.05, 0) is 67.1 Å². The number of hydrogen-bond acceptors (Lipinski definition) is 5. The summed E-state index contributed by atoms with van der Waals surface area (Å²) < 4.78 is 0. The van der Waals surface area contributed by atoms with Gasteiger partial charge >= 0.3 is 0 Å². The number of rotatable bonds is 11. The number of piperidine rings is 1. The Hall–Kier alpha value is -2.45. The van der Waals surface area contributed by atoms with E-state index < -0.39 is 6.04 Å². The molecule has 244 valence electrons. The van der Waals surface area contributed by atoms with Gasteiger partial charge in [-0.15, -0.1) is 0 Å². The summed E-state index contributed by atoms with van der Waals surface area (Å²) in [5, 5.41) is 7.29. The van der Waals surface area contributed by atoms with Gasteiger partial charge in [-0.25, -0.2) is 0 Å². The van der Waals surface area contributed by atoms with Crippen molar-refractivity contribution in [2.24, 2.45) is 5.92 Å². The smallest absolute Gasteiger partial charge is 0.245 e. The number of hydrogen-bond donors (Lipinski definition) is 2. The Bertz CT molecular complexity index is 1230. The minimum atomic E-state index is -0.603. The number of carbonyl (C=O) groups is 2. The molecule has 2 N–H and O–H groups in total. The van der Waals surface area contributed by atoms with E-state index in [4.69, 9.17) is 11.6 Å². The predicted octanol–water partition coefficient (Wildman–Crippen LogP) is 5.57. The van der Waals surface area contributed by atoms with Crippen LogP contribution in [0.25, 0.3) is 0 Å². The maximum atomic E-state index is 14.1. The van der Waals surface area contributed by atoms with E-state index in [1.807, 2.05) is 41.3 Å². The molecule has 2 aromatic rings. The number of piperazine rings is 1. The van der Waals surface area contributed by atoms with E-state index >= 15 is 0 Å². The van der Waals surface area contributed by atoms with Gasteiger partial charge in [0.2, 0.25) is 11.8 Å². The Labute approximate surface area is 275 Å². The minimum Gasteiger partial charge on any atom is -0.344 e. The highest BCUT2D eigenvalue weighted by atomic mass is 35.5. The van der Waals surface area contributed by atoms with E-state index in [2.05, 4.69) is 32.6 Å². The predicted molar refractivity (Wildman–Crippen MR) is 181 cm³/mol. The van der Waals surface area contributed by atoms with E-state index in [0.717, 1.165) is 37.7 Å². The van der Waals surface area contributed by atoms with Crippen LogP contribution in [0.1, 0.15) is 86.9 Å². The van der Waals surface area contributed by atoms with Crippen LogP contribution in [-0.4, -0.2) is 84.4 Å². The summed E-state index contributed by atoms with van der Waals surface area (Å²) in [6.07, 6.45) is 13.0. The first kappa shape index (κ1) is 32.5. The average molecular weight is 634 g/mol. The zero-order chi connectivity index (χ0) is 31.0. The third-order valence-corrected chi connectivity index (χ3v) is 11.0. The largest absolute Gasteiger partial charge is 0.344 e. The summed E-state index contributed by atoms with van der Waals surface area (Å²) >= 11 is 6.16. The number of amides is 2. The van der Waals surface area contributed by atoms with Gasteiger partial charge in [0, 0.05) is 69.2 Å². The molecule has 3 unspecified atom stereocenters. The third kappa shape index (κ3) is 8.88. The van der Waals surface area contributed by atoms with E-state index in [1.165, 1.54) is 82.0 Å². The summed E-state index contributed by atoms with van der Waals surface area (Å²) in [4.78, 5) is 34.9. The highest BCUT2D eigenvalue weighted by Crippen LogP contribution is 2.30. The molecule has 8 heteroatoms. The molecule has 1 saturated carbocycles. The number of nitrogens with one attached hydrogen (secondary N) is 2. The molecule has 0 bridgehead atoms. The Morgan fingerprint density at radius 2 is 1.58 bits per heavy atom. The fraction of sp³-hybridized carbons (Fsp3) is 0.622. The third-order valence-electron chi connectivity index (χ3n) is 10.7. The second kappa shape index (κ2) is 15.9. The normalized spacial score (nSPS) is 23.0. The number of likely N-dealkylation sites (tertiary alicyclic amines) is 1. The van der Waals surface area contributed by atoms with Crippen LogP contribution in [0.5, 0.6) is 0 Å². The van der Waals surface area contributed by atoms with Crippen LogP contribution in [0.2, 0.25) is 5.02 Å². The Morgan fingerprint density at radius 3 is 2.33 bits per heavy atom. The SMILES string of the molecule is O=C(CC1NCc2ccccc21)NC(Cc1ccc(Cl)cc1)C(=O)N1CCN(C(CC2CCCCC2)CN2CCCCC2)CC1. The molecular formula is C37H52ClN5O2. The molecule has 2 aromatic carbocycles. The lowest BCUT2D eigenvalue weighted by molar-refractivity contribution is -0.138.